The van der Waals surface area contributed by atoms with Gasteiger partial charge in [-0.3, -0.25) is 9.59 Å². The molecule has 2 aromatic rings. The molecule has 0 saturated heterocycles. The molecule has 0 unspecified atom stereocenters. The predicted octanol–water partition coefficient (Wildman–Crippen LogP) is 5.02. The average molecular weight is 433 g/mol. The van der Waals surface area contributed by atoms with E-state index in [0.717, 1.165) is 12.3 Å². The second-order valence-corrected chi connectivity index (χ2v) is 7.82. The highest BCUT2D eigenvalue weighted by Crippen LogP contribution is 2.28. The van der Waals surface area contributed by atoms with Gasteiger partial charge in [0, 0.05) is 13.6 Å². The number of amides is 2. The maximum Gasteiger partial charge on any atom is 0.293 e. The van der Waals surface area contributed by atoms with Crippen LogP contribution < -0.4 is 10.2 Å². The van der Waals surface area contributed by atoms with Crippen LogP contribution in [0, 0.1) is 5.92 Å². The first kappa shape index (κ1) is 19.7. The van der Waals surface area contributed by atoms with Crippen LogP contribution in [0.25, 0.3) is 0 Å². The Morgan fingerprint density at radius 3 is 2.63 bits per heavy atom. The van der Waals surface area contributed by atoms with E-state index in [1.807, 2.05) is 6.07 Å². The summed E-state index contributed by atoms with van der Waals surface area (Å²) in [5, 5.41) is 2.99. The minimum atomic E-state index is -0.304. The van der Waals surface area contributed by atoms with Gasteiger partial charge >= 0.3 is 0 Å². The maximum atomic E-state index is 12.6. The molecule has 3 rings (SSSR count). The van der Waals surface area contributed by atoms with E-state index in [4.69, 9.17) is 4.42 Å². The molecule has 2 amide bonds. The van der Waals surface area contributed by atoms with Crippen molar-refractivity contribution in [2.24, 2.45) is 5.92 Å². The van der Waals surface area contributed by atoms with Crippen LogP contribution >= 0.6 is 15.9 Å². The van der Waals surface area contributed by atoms with Crippen molar-refractivity contribution in [2.75, 3.05) is 18.5 Å². The minimum Gasteiger partial charge on any atom is -0.444 e. The number of hydrogen-bond donors (Lipinski definition) is 1. The molecule has 6 heteroatoms. The van der Waals surface area contributed by atoms with Crippen molar-refractivity contribution in [2.45, 2.75) is 38.5 Å². The summed E-state index contributed by atoms with van der Waals surface area (Å²) in [5.74, 6) is 0.584. The lowest BCUT2D eigenvalue weighted by Gasteiger charge is -2.19. The monoisotopic (exact) mass is 432 g/mol. The number of benzene rings is 1. The molecule has 1 aliphatic carbocycles. The predicted molar refractivity (Wildman–Crippen MR) is 109 cm³/mol. The second-order valence-electron chi connectivity index (χ2n) is 7.03. The summed E-state index contributed by atoms with van der Waals surface area (Å²) in [6.07, 6.45) is 7.51. The average Bonchev–Trinajstić information content (AvgIpc) is 3.35. The van der Waals surface area contributed by atoms with E-state index in [1.54, 1.807) is 37.4 Å². The maximum absolute atomic E-state index is 12.6. The van der Waals surface area contributed by atoms with Crippen molar-refractivity contribution in [3.63, 3.8) is 0 Å². The molecule has 27 heavy (non-hydrogen) atoms. The molecule has 0 atom stereocenters. The Balaban J connectivity index is 1.62. The van der Waals surface area contributed by atoms with Gasteiger partial charge in [0.2, 0.25) is 0 Å². The lowest BCUT2D eigenvalue weighted by atomic mass is 10.0. The van der Waals surface area contributed by atoms with E-state index < -0.39 is 0 Å². The SMILES string of the molecule is CN(C(=O)c1ccc(Br)o1)c1ccccc1C(=O)NCCCC1CCCC1. The topological polar surface area (TPSA) is 62.6 Å². The summed E-state index contributed by atoms with van der Waals surface area (Å²) in [4.78, 5) is 26.7. The Kier molecular flexibility index (Phi) is 6.72. The first-order valence-electron chi connectivity index (χ1n) is 9.47. The molecule has 1 aliphatic rings. The quantitative estimate of drug-likeness (QED) is 0.624. The molecule has 1 fully saturated rings. The number of carbonyl (C=O) groups excluding carboxylic acids is 2. The number of rotatable bonds is 7. The van der Waals surface area contributed by atoms with Gasteiger partial charge in [0.25, 0.3) is 11.8 Å². The molecule has 1 N–H and O–H groups in total. The third-order valence-corrected chi connectivity index (χ3v) is 5.57. The van der Waals surface area contributed by atoms with Crippen molar-refractivity contribution in [3.8, 4) is 0 Å². The van der Waals surface area contributed by atoms with Gasteiger partial charge in [-0.2, -0.15) is 0 Å². The number of para-hydroxylation sites is 1. The number of nitrogens with zero attached hydrogens (tertiary/aromatic N) is 1. The Labute approximate surface area is 168 Å². The largest absolute Gasteiger partial charge is 0.444 e. The molecular weight excluding hydrogens is 408 g/mol. The van der Waals surface area contributed by atoms with Gasteiger partial charge in [0.05, 0.1) is 11.3 Å². The van der Waals surface area contributed by atoms with E-state index in [2.05, 4.69) is 21.2 Å². The lowest BCUT2D eigenvalue weighted by Crippen LogP contribution is -2.31. The standard InChI is InChI=1S/C21H25BrN2O3/c1-24(21(26)18-12-13-19(22)27-18)17-11-5-4-10-16(17)20(25)23-14-6-9-15-7-2-3-8-15/h4-5,10-13,15H,2-3,6-9,14H2,1H3,(H,23,25). The van der Waals surface area contributed by atoms with Gasteiger partial charge in [0.1, 0.15) is 0 Å². The number of halogens is 1. The fourth-order valence-electron chi connectivity index (χ4n) is 3.65. The van der Waals surface area contributed by atoms with Gasteiger partial charge in [-0.15, -0.1) is 0 Å². The number of anilines is 1. The molecule has 1 heterocycles. The molecule has 1 aromatic carbocycles. The normalized spacial score (nSPS) is 14.3. The van der Waals surface area contributed by atoms with Crippen LogP contribution in [0.5, 0.6) is 0 Å². The lowest BCUT2D eigenvalue weighted by molar-refractivity contribution is 0.0952. The molecule has 1 aromatic heterocycles. The summed E-state index contributed by atoms with van der Waals surface area (Å²) in [6.45, 7) is 0.659. The third kappa shape index (κ3) is 5.01. The van der Waals surface area contributed by atoms with E-state index in [-0.39, 0.29) is 17.6 Å². The van der Waals surface area contributed by atoms with Crippen LogP contribution in [0.2, 0.25) is 0 Å². The summed E-state index contributed by atoms with van der Waals surface area (Å²) >= 11 is 3.20. The molecule has 0 bridgehead atoms. The van der Waals surface area contributed by atoms with Crippen LogP contribution in [0.3, 0.4) is 0 Å². The van der Waals surface area contributed by atoms with Crippen LogP contribution in [-0.2, 0) is 0 Å². The molecule has 144 valence electrons. The van der Waals surface area contributed by atoms with Gasteiger partial charge in [0.15, 0.2) is 10.4 Å². The third-order valence-electron chi connectivity index (χ3n) is 5.15. The first-order chi connectivity index (χ1) is 13.1. The Morgan fingerprint density at radius 2 is 1.93 bits per heavy atom. The van der Waals surface area contributed by atoms with E-state index in [0.29, 0.717) is 22.5 Å². The molecule has 0 spiro atoms. The van der Waals surface area contributed by atoms with Crippen molar-refractivity contribution >= 4 is 33.4 Å². The van der Waals surface area contributed by atoms with Crippen molar-refractivity contribution < 1.29 is 14.0 Å². The van der Waals surface area contributed by atoms with Crippen molar-refractivity contribution in [1.29, 1.82) is 0 Å². The molecule has 5 nitrogen and oxygen atoms in total. The Bertz CT molecular complexity index is 796. The highest BCUT2D eigenvalue weighted by Gasteiger charge is 2.22. The van der Waals surface area contributed by atoms with Crippen molar-refractivity contribution in [1.82, 2.24) is 5.32 Å². The van der Waals surface area contributed by atoms with Gasteiger partial charge < -0.3 is 14.6 Å². The fourth-order valence-corrected chi connectivity index (χ4v) is 3.96. The Hall–Kier alpha value is -2.08. The summed E-state index contributed by atoms with van der Waals surface area (Å²) in [7, 11) is 1.64. The van der Waals surface area contributed by atoms with E-state index in [9.17, 15) is 9.59 Å². The van der Waals surface area contributed by atoms with Crippen LogP contribution in [-0.4, -0.2) is 25.4 Å². The zero-order chi connectivity index (χ0) is 19.2. The molecular formula is C21H25BrN2O3. The fraction of sp³-hybridized carbons (Fsp3) is 0.429. The number of furan rings is 1. The van der Waals surface area contributed by atoms with Crippen LogP contribution in [0.15, 0.2) is 45.5 Å². The zero-order valence-electron chi connectivity index (χ0n) is 15.5. The number of nitrogens with one attached hydrogen (secondary N) is 1. The van der Waals surface area contributed by atoms with E-state index >= 15 is 0 Å². The zero-order valence-corrected chi connectivity index (χ0v) is 17.1. The first-order valence-corrected chi connectivity index (χ1v) is 10.3. The highest BCUT2D eigenvalue weighted by molar-refractivity contribution is 9.10. The van der Waals surface area contributed by atoms with Gasteiger partial charge in [-0.05, 0) is 59.0 Å². The van der Waals surface area contributed by atoms with Crippen molar-refractivity contribution in [3.05, 3.63) is 52.4 Å². The Morgan fingerprint density at radius 1 is 1.19 bits per heavy atom. The van der Waals surface area contributed by atoms with Gasteiger partial charge in [-0.1, -0.05) is 37.8 Å². The summed E-state index contributed by atoms with van der Waals surface area (Å²) in [5.41, 5.74) is 1.04. The number of hydrogen-bond acceptors (Lipinski definition) is 3. The number of carbonyl (C=O) groups is 2. The summed E-state index contributed by atoms with van der Waals surface area (Å²) in [6, 6.07) is 10.4. The highest BCUT2D eigenvalue weighted by atomic mass is 79.9. The van der Waals surface area contributed by atoms with Crippen LogP contribution in [0.1, 0.15) is 59.4 Å². The summed E-state index contributed by atoms with van der Waals surface area (Å²) < 4.78 is 5.83. The molecule has 1 saturated carbocycles. The van der Waals surface area contributed by atoms with Crippen LogP contribution in [0.4, 0.5) is 5.69 Å². The van der Waals surface area contributed by atoms with Gasteiger partial charge in [-0.25, -0.2) is 0 Å². The molecule has 0 radical (unpaired) electrons. The second kappa shape index (κ2) is 9.22. The molecule has 0 aliphatic heterocycles. The minimum absolute atomic E-state index is 0.155. The van der Waals surface area contributed by atoms with E-state index in [1.165, 1.54) is 37.0 Å². The smallest absolute Gasteiger partial charge is 0.293 e.